The number of anilines is 1. The lowest BCUT2D eigenvalue weighted by Crippen LogP contribution is -2.53. The van der Waals surface area contributed by atoms with E-state index in [9.17, 15) is 8.42 Å². The molecule has 1 aromatic carbocycles. The van der Waals surface area contributed by atoms with E-state index in [2.05, 4.69) is 29.8 Å². The Bertz CT molecular complexity index is 970. The van der Waals surface area contributed by atoms with Crippen molar-refractivity contribution < 1.29 is 8.42 Å². The third-order valence-electron chi connectivity index (χ3n) is 5.10. The zero-order chi connectivity index (χ0) is 21.6. The number of pyridine rings is 1. The van der Waals surface area contributed by atoms with Crippen LogP contribution in [0.4, 0.5) is 5.82 Å². The molecule has 1 aliphatic heterocycles. The molecule has 1 saturated heterocycles. The number of hydrogen-bond acceptors (Lipinski definition) is 5. The summed E-state index contributed by atoms with van der Waals surface area (Å²) in [7, 11) is -1.79. The molecule has 9 heteroatoms. The molecule has 8 nitrogen and oxygen atoms in total. The van der Waals surface area contributed by atoms with E-state index in [0.29, 0.717) is 11.4 Å². The number of guanidine groups is 1. The number of aromatic nitrogens is 1. The Balaban J connectivity index is 1.48. The summed E-state index contributed by atoms with van der Waals surface area (Å²) in [5, 5.41) is 3.26. The van der Waals surface area contributed by atoms with Crippen molar-refractivity contribution in [3.05, 3.63) is 53.7 Å². The van der Waals surface area contributed by atoms with E-state index in [-0.39, 0.29) is 6.54 Å². The van der Waals surface area contributed by atoms with Crippen molar-refractivity contribution in [1.29, 1.82) is 0 Å². The van der Waals surface area contributed by atoms with Crippen LogP contribution in [0.15, 0.2) is 52.5 Å². The van der Waals surface area contributed by atoms with Crippen molar-refractivity contribution in [3.8, 4) is 0 Å². The first-order valence-corrected chi connectivity index (χ1v) is 11.6. The highest BCUT2D eigenvalue weighted by Crippen LogP contribution is 2.16. The van der Waals surface area contributed by atoms with Gasteiger partial charge < -0.3 is 15.1 Å². The summed E-state index contributed by atoms with van der Waals surface area (Å²) in [6.07, 6.45) is 1.81. The molecule has 0 saturated carbocycles. The second-order valence-electron chi connectivity index (χ2n) is 7.30. The lowest BCUT2D eigenvalue weighted by molar-refractivity contribution is 0.372. The molecule has 1 fully saturated rings. The predicted molar refractivity (Wildman–Crippen MR) is 120 cm³/mol. The van der Waals surface area contributed by atoms with E-state index in [1.165, 1.54) is 0 Å². The van der Waals surface area contributed by atoms with Gasteiger partial charge in [-0.2, -0.15) is 0 Å². The largest absolute Gasteiger partial charge is 0.355 e. The molecule has 2 heterocycles. The topological polar surface area (TPSA) is 89.9 Å². The molecule has 30 heavy (non-hydrogen) atoms. The summed E-state index contributed by atoms with van der Waals surface area (Å²) in [6.45, 7) is 7.79. The van der Waals surface area contributed by atoms with Gasteiger partial charge >= 0.3 is 0 Å². The summed E-state index contributed by atoms with van der Waals surface area (Å²) in [6, 6.07) is 11.4. The molecule has 1 aliphatic rings. The Morgan fingerprint density at radius 3 is 2.53 bits per heavy atom. The Morgan fingerprint density at radius 1 is 1.10 bits per heavy atom. The summed E-state index contributed by atoms with van der Waals surface area (Å²) in [4.78, 5) is 13.5. The molecule has 0 aliphatic carbocycles. The van der Waals surface area contributed by atoms with Crippen LogP contribution in [0, 0.1) is 13.8 Å². The smallest absolute Gasteiger partial charge is 0.240 e. The molecule has 0 radical (unpaired) electrons. The van der Waals surface area contributed by atoms with Crippen LogP contribution in [-0.4, -0.2) is 70.6 Å². The average molecular weight is 431 g/mol. The molecule has 3 rings (SSSR count). The van der Waals surface area contributed by atoms with Gasteiger partial charge in [-0.3, -0.25) is 4.99 Å². The highest BCUT2D eigenvalue weighted by Gasteiger charge is 2.21. The van der Waals surface area contributed by atoms with Crippen LogP contribution in [0.5, 0.6) is 0 Å². The minimum atomic E-state index is -3.54. The van der Waals surface area contributed by atoms with E-state index in [1.54, 1.807) is 20.0 Å². The van der Waals surface area contributed by atoms with Gasteiger partial charge in [-0.25, -0.2) is 18.1 Å². The summed E-state index contributed by atoms with van der Waals surface area (Å²) >= 11 is 0. The van der Waals surface area contributed by atoms with E-state index in [0.717, 1.165) is 49.1 Å². The summed E-state index contributed by atoms with van der Waals surface area (Å²) < 4.78 is 27.9. The number of aliphatic imine (C=N–C) groups is 1. The van der Waals surface area contributed by atoms with E-state index in [1.807, 2.05) is 43.5 Å². The average Bonchev–Trinajstić information content (AvgIpc) is 2.76. The molecule has 0 atom stereocenters. The van der Waals surface area contributed by atoms with Crippen LogP contribution in [0.2, 0.25) is 0 Å². The first-order chi connectivity index (χ1) is 14.4. The fourth-order valence-corrected chi connectivity index (χ4v) is 4.81. The van der Waals surface area contributed by atoms with Crippen LogP contribution in [0.1, 0.15) is 11.1 Å². The molecular formula is C21H30N6O2S. The van der Waals surface area contributed by atoms with E-state index >= 15 is 0 Å². The van der Waals surface area contributed by atoms with Crippen molar-refractivity contribution in [2.24, 2.45) is 4.99 Å². The second-order valence-corrected chi connectivity index (χ2v) is 9.04. The Labute approximate surface area is 179 Å². The molecule has 0 bridgehead atoms. The number of nitrogens with zero attached hydrogens (tertiary/aromatic N) is 4. The lowest BCUT2D eigenvalue weighted by Gasteiger charge is -2.37. The van der Waals surface area contributed by atoms with Crippen molar-refractivity contribution in [2.45, 2.75) is 18.7 Å². The Hall–Kier alpha value is -2.65. The maximum Gasteiger partial charge on any atom is 0.240 e. The van der Waals surface area contributed by atoms with Crippen molar-refractivity contribution in [2.75, 3.05) is 51.2 Å². The van der Waals surface area contributed by atoms with Gasteiger partial charge in [0.2, 0.25) is 10.0 Å². The first kappa shape index (κ1) is 22.0. The number of hydrogen-bond donors (Lipinski definition) is 2. The standard InChI is InChI=1S/C21H30N6O2S/c1-17-7-8-18(2)19(16-17)30(28,29)25-11-10-24-21(22-3)27-14-12-26(13-15-27)20-6-4-5-9-23-20/h4-9,16,25H,10-15H2,1-3H3,(H,22,24). The first-order valence-electron chi connectivity index (χ1n) is 10.1. The molecular weight excluding hydrogens is 400 g/mol. The highest BCUT2D eigenvalue weighted by molar-refractivity contribution is 7.89. The lowest BCUT2D eigenvalue weighted by atomic mass is 10.2. The number of nitrogens with one attached hydrogen (secondary N) is 2. The highest BCUT2D eigenvalue weighted by atomic mass is 32.2. The number of rotatable bonds is 6. The number of benzene rings is 1. The minimum Gasteiger partial charge on any atom is -0.355 e. The molecule has 0 amide bonds. The van der Waals surface area contributed by atoms with Gasteiger partial charge in [0.25, 0.3) is 0 Å². The van der Waals surface area contributed by atoms with Crippen LogP contribution in [0.3, 0.4) is 0 Å². The Morgan fingerprint density at radius 2 is 1.87 bits per heavy atom. The Kier molecular flexibility index (Phi) is 7.28. The van der Waals surface area contributed by atoms with Crippen LogP contribution in [-0.2, 0) is 10.0 Å². The molecule has 1 aromatic heterocycles. The van der Waals surface area contributed by atoms with Crippen molar-refractivity contribution in [1.82, 2.24) is 19.9 Å². The molecule has 0 spiro atoms. The van der Waals surface area contributed by atoms with Gasteiger partial charge in [0.1, 0.15) is 5.82 Å². The maximum atomic E-state index is 12.6. The van der Waals surface area contributed by atoms with Gasteiger partial charge in [-0.05, 0) is 43.2 Å². The van der Waals surface area contributed by atoms with Gasteiger partial charge in [-0.15, -0.1) is 0 Å². The third-order valence-corrected chi connectivity index (χ3v) is 6.70. The number of piperazine rings is 1. The van der Waals surface area contributed by atoms with Crippen LogP contribution in [0.25, 0.3) is 0 Å². The second kappa shape index (κ2) is 9.90. The number of aryl methyl sites for hydroxylation is 2. The fourth-order valence-electron chi connectivity index (χ4n) is 3.45. The van der Waals surface area contributed by atoms with Gasteiger partial charge in [-0.1, -0.05) is 18.2 Å². The van der Waals surface area contributed by atoms with E-state index in [4.69, 9.17) is 0 Å². The quantitative estimate of drug-likeness (QED) is 0.409. The fraction of sp³-hybridized carbons (Fsp3) is 0.429. The normalized spacial score (nSPS) is 15.4. The molecule has 2 aromatic rings. The summed E-state index contributed by atoms with van der Waals surface area (Å²) in [5.41, 5.74) is 1.66. The zero-order valence-electron chi connectivity index (χ0n) is 17.8. The molecule has 0 unspecified atom stereocenters. The maximum absolute atomic E-state index is 12.6. The molecule has 162 valence electrons. The van der Waals surface area contributed by atoms with E-state index < -0.39 is 10.0 Å². The van der Waals surface area contributed by atoms with Crippen molar-refractivity contribution in [3.63, 3.8) is 0 Å². The van der Waals surface area contributed by atoms with Crippen LogP contribution < -0.4 is 14.9 Å². The predicted octanol–water partition coefficient (Wildman–Crippen LogP) is 1.37. The zero-order valence-corrected chi connectivity index (χ0v) is 18.6. The van der Waals surface area contributed by atoms with Crippen LogP contribution >= 0.6 is 0 Å². The van der Waals surface area contributed by atoms with Gasteiger partial charge in [0, 0.05) is 52.5 Å². The third kappa shape index (κ3) is 5.48. The number of sulfonamides is 1. The minimum absolute atomic E-state index is 0.280. The van der Waals surface area contributed by atoms with Crippen molar-refractivity contribution >= 4 is 21.8 Å². The summed E-state index contributed by atoms with van der Waals surface area (Å²) in [5.74, 6) is 1.77. The van der Waals surface area contributed by atoms with Gasteiger partial charge in [0.05, 0.1) is 4.90 Å². The SMILES string of the molecule is CN=C(NCCNS(=O)(=O)c1cc(C)ccc1C)N1CCN(c2ccccn2)CC1. The molecule has 2 N–H and O–H groups in total. The van der Waals surface area contributed by atoms with Gasteiger partial charge in [0.15, 0.2) is 5.96 Å². The monoisotopic (exact) mass is 430 g/mol.